The van der Waals surface area contributed by atoms with Gasteiger partial charge in [-0.2, -0.15) is 14.5 Å². The summed E-state index contributed by atoms with van der Waals surface area (Å²) in [6.45, 7) is 5.20. The molecule has 1 amide bonds. The fraction of sp³-hybridized carbons (Fsp3) is 0.381. The van der Waals surface area contributed by atoms with E-state index >= 15 is 0 Å². The molecule has 3 heterocycles. The molecule has 0 saturated carbocycles. The summed E-state index contributed by atoms with van der Waals surface area (Å²) in [5.41, 5.74) is 2.43. The standard InChI is InChI=1S/C21H26N6O4S/c1-16-4-5-17(2)20(12-16)31-15-26-7-6-19(23-26)21(28)25-8-10-27(11-9-25)32(29,30)18-13-22-24(3)14-18/h4-7,12-14H,8-11,15H2,1-3H3. The Balaban J connectivity index is 1.35. The van der Waals surface area contributed by atoms with E-state index in [0.29, 0.717) is 18.8 Å². The van der Waals surface area contributed by atoms with Crippen molar-refractivity contribution < 1.29 is 17.9 Å². The molecule has 0 radical (unpaired) electrons. The highest BCUT2D eigenvalue weighted by Crippen LogP contribution is 2.20. The van der Waals surface area contributed by atoms with E-state index in [-0.39, 0.29) is 30.6 Å². The fourth-order valence-corrected chi connectivity index (χ4v) is 4.93. The van der Waals surface area contributed by atoms with Crippen LogP contribution < -0.4 is 4.74 Å². The molecule has 0 atom stereocenters. The number of aryl methyl sites for hydroxylation is 3. The topological polar surface area (TPSA) is 103 Å². The van der Waals surface area contributed by atoms with Crippen LogP contribution in [0.3, 0.4) is 0 Å². The molecule has 4 rings (SSSR count). The monoisotopic (exact) mass is 458 g/mol. The van der Waals surface area contributed by atoms with Crippen LogP contribution in [0, 0.1) is 13.8 Å². The maximum atomic E-state index is 12.8. The Bertz CT molecular complexity index is 1220. The number of hydrogen-bond donors (Lipinski definition) is 0. The molecular formula is C21H26N6O4S. The summed E-state index contributed by atoms with van der Waals surface area (Å²) in [6, 6.07) is 7.63. The first-order valence-corrected chi connectivity index (χ1v) is 11.7. The van der Waals surface area contributed by atoms with Crippen molar-refractivity contribution in [1.29, 1.82) is 0 Å². The van der Waals surface area contributed by atoms with Crippen LogP contribution in [-0.2, 0) is 23.8 Å². The van der Waals surface area contributed by atoms with Gasteiger partial charge in [-0.25, -0.2) is 13.1 Å². The Kier molecular flexibility index (Phi) is 6.02. The maximum Gasteiger partial charge on any atom is 0.274 e. The van der Waals surface area contributed by atoms with E-state index in [1.165, 1.54) is 21.4 Å². The van der Waals surface area contributed by atoms with Crippen molar-refractivity contribution in [2.75, 3.05) is 26.2 Å². The predicted molar refractivity (Wildman–Crippen MR) is 117 cm³/mol. The number of carbonyl (C=O) groups is 1. The van der Waals surface area contributed by atoms with E-state index in [9.17, 15) is 13.2 Å². The van der Waals surface area contributed by atoms with Crippen molar-refractivity contribution in [2.45, 2.75) is 25.5 Å². The van der Waals surface area contributed by atoms with Crippen LogP contribution in [0.15, 0.2) is 47.8 Å². The Labute approximate surface area is 187 Å². The predicted octanol–water partition coefficient (Wildman–Crippen LogP) is 1.42. The second-order valence-corrected chi connectivity index (χ2v) is 9.77. The summed E-state index contributed by atoms with van der Waals surface area (Å²) in [7, 11) is -1.95. The first-order chi connectivity index (χ1) is 15.2. The van der Waals surface area contributed by atoms with Crippen LogP contribution >= 0.6 is 0 Å². The van der Waals surface area contributed by atoms with E-state index in [0.717, 1.165) is 16.9 Å². The number of nitrogens with zero attached hydrogens (tertiary/aromatic N) is 6. The van der Waals surface area contributed by atoms with E-state index < -0.39 is 10.0 Å². The summed E-state index contributed by atoms with van der Waals surface area (Å²) in [6.07, 6.45) is 4.50. The first kappa shape index (κ1) is 22.0. The molecule has 1 aromatic carbocycles. The fourth-order valence-electron chi connectivity index (χ4n) is 3.52. The number of benzene rings is 1. The van der Waals surface area contributed by atoms with Gasteiger partial charge in [0.1, 0.15) is 10.6 Å². The molecule has 0 aliphatic carbocycles. The molecular weight excluding hydrogens is 432 g/mol. The van der Waals surface area contributed by atoms with Crippen molar-refractivity contribution in [3.63, 3.8) is 0 Å². The van der Waals surface area contributed by atoms with Gasteiger partial charge >= 0.3 is 0 Å². The van der Waals surface area contributed by atoms with E-state index in [1.807, 2.05) is 32.0 Å². The van der Waals surface area contributed by atoms with Gasteiger partial charge < -0.3 is 9.64 Å². The van der Waals surface area contributed by atoms with Gasteiger partial charge in [-0.05, 0) is 37.1 Å². The summed E-state index contributed by atoms with van der Waals surface area (Å²) < 4.78 is 35.7. The van der Waals surface area contributed by atoms with Gasteiger partial charge in [0, 0.05) is 45.6 Å². The van der Waals surface area contributed by atoms with E-state index in [1.54, 1.807) is 28.9 Å². The highest BCUT2D eigenvalue weighted by molar-refractivity contribution is 7.89. The molecule has 32 heavy (non-hydrogen) atoms. The van der Waals surface area contributed by atoms with Crippen LogP contribution in [0.4, 0.5) is 0 Å². The lowest BCUT2D eigenvalue weighted by molar-refractivity contribution is 0.0690. The quantitative estimate of drug-likeness (QED) is 0.554. The van der Waals surface area contributed by atoms with Crippen LogP contribution in [0.5, 0.6) is 5.75 Å². The molecule has 1 fully saturated rings. The molecule has 11 heteroatoms. The van der Waals surface area contributed by atoms with Crippen LogP contribution in [0.1, 0.15) is 21.6 Å². The Morgan fingerprint density at radius 3 is 2.56 bits per heavy atom. The molecule has 170 valence electrons. The maximum absolute atomic E-state index is 12.8. The zero-order valence-corrected chi connectivity index (χ0v) is 19.1. The Hall–Kier alpha value is -3.18. The van der Waals surface area contributed by atoms with Crippen molar-refractivity contribution in [3.8, 4) is 5.75 Å². The lowest BCUT2D eigenvalue weighted by Gasteiger charge is -2.33. The number of sulfonamides is 1. The largest absolute Gasteiger partial charge is 0.471 e. The van der Waals surface area contributed by atoms with E-state index in [4.69, 9.17) is 4.74 Å². The van der Waals surface area contributed by atoms with Gasteiger partial charge in [0.15, 0.2) is 12.4 Å². The first-order valence-electron chi connectivity index (χ1n) is 10.3. The number of amides is 1. The lowest BCUT2D eigenvalue weighted by Crippen LogP contribution is -2.50. The van der Waals surface area contributed by atoms with E-state index in [2.05, 4.69) is 10.2 Å². The normalized spacial score (nSPS) is 15.2. The third-order valence-corrected chi connectivity index (χ3v) is 7.25. The van der Waals surface area contributed by atoms with Crippen molar-refractivity contribution in [1.82, 2.24) is 28.8 Å². The molecule has 0 N–H and O–H groups in total. The summed E-state index contributed by atoms with van der Waals surface area (Å²) >= 11 is 0. The molecule has 0 unspecified atom stereocenters. The van der Waals surface area contributed by atoms with Crippen LogP contribution in [-0.4, -0.2) is 69.3 Å². The van der Waals surface area contributed by atoms with Gasteiger partial charge in [0.25, 0.3) is 5.91 Å². The molecule has 2 aromatic heterocycles. The molecule has 1 aliphatic heterocycles. The number of rotatable bonds is 6. The Morgan fingerprint density at radius 1 is 1.12 bits per heavy atom. The Morgan fingerprint density at radius 2 is 1.88 bits per heavy atom. The number of aromatic nitrogens is 4. The summed E-state index contributed by atoms with van der Waals surface area (Å²) in [5, 5.41) is 8.26. The summed E-state index contributed by atoms with van der Waals surface area (Å²) in [4.78, 5) is 14.6. The smallest absolute Gasteiger partial charge is 0.274 e. The molecule has 10 nitrogen and oxygen atoms in total. The van der Waals surface area contributed by atoms with Gasteiger partial charge in [0.2, 0.25) is 10.0 Å². The third kappa shape index (κ3) is 4.53. The SMILES string of the molecule is Cc1ccc(C)c(OCn2ccc(C(=O)N3CCN(S(=O)(=O)c4cnn(C)c4)CC3)n2)c1. The van der Waals surface area contributed by atoms with Gasteiger partial charge in [-0.3, -0.25) is 9.48 Å². The minimum absolute atomic E-state index is 0.155. The number of ether oxygens (including phenoxy) is 1. The van der Waals surface area contributed by atoms with Gasteiger partial charge in [0.05, 0.1) is 6.20 Å². The zero-order chi connectivity index (χ0) is 22.9. The molecule has 0 spiro atoms. The van der Waals surface area contributed by atoms with Crippen LogP contribution in [0.2, 0.25) is 0 Å². The number of carbonyl (C=O) groups excluding carboxylic acids is 1. The third-order valence-electron chi connectivity index (χ3n) is 5.40. The molecule has 1 aliphatic rings. The second kappa shape index (κ2) is 8.75. The molecule has 3 aromatic rings. The molecule has 1 saturated heterocycles. The highest BCUT2D eigenvalue weighted by atomic mass is 32.2. The van der Waals surface area contributed by atoms with Crippen LogP contribution in [0.25, 0.3) is 0 Å². The van der Waals surface area contributed by atoms with Crippen molar-refractivity contribution >= 4 is 15.9 Å². The minimum Gasteiger partial charge on any atom is -0.471 e. The molecule has 0 bridgehead atoms. The number of piperazine rings is 1. The summed E-state index contributed by atoms with van der Waals surface area (Å²) in [5.74, 6) is 0.549. The number of hydrogen-bond acceptors (Lipinski definition) is 6. The zero-order valence-electron chi connectivity index (χ0n) is 18.3. The van der Waals surface area contributed by atoms with Crippen molar-refractivity contribution in [3.05, 3.63) is 59.7 Å². The average Bonchev–Trinajstić information content (AvgIpc) is 3.43. The van der Waals surface area contributed by atoms with Crippen molar-refractivity contribution in [2.24, 2.45) is 7.05 Å². The van der Waals surface area contributed by atoms with Gasteiger partial charge in [-0.1, -0.05) is 12.1 Å². The minimum atomic E-state index is -3.62. The van der Waals surface area contributed by atoms with Gasteiger partial charge in [-0.15, -0.1) is 0 Å². The second-order valence-electron chi connectivity index (χ2n) is 7.83. The lowest BCUT2D eigenvalue weighted by atomic mass is 10.1. The highest BCUT2D eigenvalue weighted by Gasteiger charge is 2.31. The average molecular weight is 459 g/mol.